The molecule has 0 radical (unpaired) electrons. The molecule has 3 saturated heterocycles. The van der Waals surface area contributed by atoms with Gasteiger partial charge in [-0.2, -0.15) is 0 Å². The predicted molar refractivity (Wildman–Crippen MR) is 153 cm³/mol. The van der Waals surface area contributed by atoms with Gasteiger partial charge in [0, 0.05) is 45.7 Å². The van der Waals surface area contributed by atoms with Gasteiger partial charge in [-0.05, 0) is 80.0 Å². The van der Waals surface area contributed by atoms with Crippen molar-refractivity contribution in [1.29, 1.82) is 0 Å². The first kappa shape index (κ1) is 28.7. The number of aryl methyl sites for hydroxylation is 2. The molecule has 1 aromatic carbocycles. The van der Waals surface area contributed by atoms with Crippen molar-refractivity contribution in [3.63, 3.8) is 0 Å². The summed E-state index contributed by atoms with van der Waals surface area (Å²) in [6.45, 7) is 15.9. The topological polar surface area (TPSA) is 69.6 Å². The molecule has 40 heavy (non-hydrogen) atoms. The second-order valence-electron chi connectivity index (χ2n) is 13.6. The average molecular weight is 550 g/mol. The molecular formula is C32H44FN5O2. The van der Waals surface area contributed by atoms with Crippen LogP contribution in [0.2, 0.25) is 0 Å². The van der Waals surface area contributed by atoms with Gasteiger partial charge in [-0.1, -0.05) is 32.9 Å². The zero-order chi connectivity index (χ0) is 28.7. The van der Waals surface area contributed by atoms with Gasteiger partial charge in [0.05, 0.1) is 17.0 Å². The lowest BCUT2D eigenvalue weighted by atomic mass is 9.70. The van der Waals surface area contributed by atoms with Crippen molar-refractivity contribution in [1.82, 2.24) is 24.7 Å². The number of aromatic nitrogens is 2. The minimum atomic E-state index is -0.196. The van der Waals surface area contributed by atoms with Gasteiger partial charge in [0.1, 0.15) is 12.1 Å². The summed E-state index contributed by atoms with van der Waals surface area (Å²) in [6.07, 6.45) is 4.72. The first-order valence-electron chi connectivity index (χ1n) is 14.8. The van der Waals surface area contributed by atoms with Gasteiger partial charge in [-0.3, -0.25) is 9.59 Å². The van der Waals surface area contributed by atoms with E-state index < -0.39 is 0 Å². The largest absolute Gasteiger partial charge is 0.343 e. The zero-order valence-electron chi connectivity index (χ0n) is 24.8. The lowest BCUT2D eigenvalue weighted by Crippen LogP contribution is -2.47. The Hall–Kier alpha value is -2.87. The first-order chi connectivity index (χ1) is 18.9. The van der Waals surface area contributed by atoms with Crippen molar-refractivity contribution >= 4 is 11.8 Å². The van der Waals surface area contributed by atoms with E-state index in [0.29, 0.717) is 23.8 Å². The highest BCUT2D eigenvalue weighted by Gasteiger charge is 2.44. The Balaban J connectivity index is 1.21. The van der Waals surface area contributed by atoms with Crippen LogP contribution >= 0.6 is 0 Å². The first-order valence-corrected chi connectivity index (χ1v) is 14.8. The van der Waals surface area contributed by atoms with Crippen LogP contribution < -0.4 is 0 Å². The molecule has 2 aromatic rings. The number of carbonyl (C=O) groups is 2. The van der Waals surface area contributed by atoms with Crippen LogP contribution in [-0.2, 0) is 10.2 Å². The van der Waals surface area contributed by atoms with Crippen LogP contribution in [0.4, 0.5) is 4.39 Å². The van der Waals surface area contributed by atoms with E-state index in [1.165, 1.54) is 12.4 Å². The van der Waals surface area contributed by atoms with Crippen LogP contribution in [0.3, 0.4) is 0 Å². The normalized spacial score (nSPS) is 22.9. The highest BCUT2D eigenvalue weighted by atomic mass is 19.1. The average Bonchev–Trinajstić information content (AvgIpc) is 3.46. The number of piperidine rings is 1. The van der Waals surface area contributed by atoms with E-state index in [9.17, 15) is 14.0 Å². The number of likely N-dealkylation sites (tertiary alicyclic amines) is 3. The molecule has 2 atom stereocenters. The molecule has 1 aromatic heterocycles. The van der Waals surface area contributed by atoms with Gasteiger partial charge in [-0.15, -0.1) is 0 Å². The molecule has 216 valence electrons. The summed E-state index contributed by atoms with van der Waals surface area (Å²) in [7, 11) is 0. The minimum Gasteiger partial charge on any atom is -0.343 e. The van der Waals surface area contributed by atoms with E-state index in [-0.39, 0.29) is 28.5 Å². The molecule has 5 rings (SSSR count). The third-order valence-corrected chi connectivity index (χ3v) is 9.39. The molecule has 8 heteroatoms. The molecule has 3 aliphatic heterocycles. The Morgan fingerprint density at radius 3 is 2.17 bits per heavy atom. The number of benzene rings is 1. The lowest BCUT2D eigenvalue weighted by Gasteiger charge is -2.43. The fraction of sp³-hybridized carbons (Fsp3) is 0.625. The van der Waals surface area contributed by atoms with Crippen LogP contribution in [-0.4, -0.2) is 82.3 Å². The highest BCUT2D eigenvalue weighted by molar-refractivity contribution is 5.96. The molecule has 0 spiro atoms. The Morgan fingerprint density at radius 2 is 1.60 bits per heavy atom. The van der Waals surface area contributed by atoms with Gasteiger partial charge in [0.2, 0.25) is 5.91 Å². The molecular weight excluding hydrogens is 505 g/mol. The van der Waals surface area contributed by atoms with Crippen molar-refractivity contribution in [3.05, 3.63) is 58.9 Å². The summed E-state index contributed by atoms with van der Waals surface area (Å²) in [5, 5.41) is 0. The van der Waals surface area contributed by atoms with Crippen molar-refractivity contribution in [2.24, 2.45) is 17.3 Å². The van der Waals surface area contributed by atoms with Crippen LogP contribution in [0.1, 0.15) is 73.8 Å². The molecule has 7 nitrogen and oxygen atoms in total. The molecule has 2 unspecified atom stereocenters. The highest BCUT2D eigenvalue weighted by Crippen LogP contribution is 2.41. The fourth-order valence-electron chi connectivity index (χ4n) is 7.12. The number of halogens is 1. The number of hydrogen-bond donors (Lipinski definition) is 0. The smallest absolute Gasteiger partial charge is 0.257 e. The third kappa shape index (κ3) is 6.07. The van der Waals surface area contributed by atoms with Crippen molar-refractivity contribution in [3.8, 4) is 0 Å². The number of rotatable bonds is 6. The van der Waals surface area contributed by atoms with Crippen LogP contribution in [0, 0.1) is 36.9 Å². The van der Waals surface area contributed by atoms with Gasteiger partial charge in [0.25, 0.3) is 5.91 Å². The summed E-state index contributed by atoms with van der Waals surface area (Å²) in [5.74, 6) is 1.01. The van der Waals surface area contributed by atoms with Crippen molar-refractivity contribution in [2.45, 2.75) is 65.7 Å². The SMILES string of the molecule is Cc1ncnc(C)c1C(=O)N1CC2CN(CCC3(c4cccc(F)c4)CCN(C(=O)CC(C)(C)C)CC3)CC2C1. The zero-order valence-corrected chi connectivity index (χ0v) is 24.8. The standard InChI is InChI=1S/C32H44FN5O2/c1-22-29(23(2)35-21-34-22)30(40)38-19-24-17-36(18-25(24)20-38)12-9-32(26-7-6-8-27(33)15-26)10-13-37(14-11-32)28(39)16-31(3,4)5/h6-8,15,21,24-25H,9-14,16-20H2,1-5H3. The van der Waals surface area contributed by atoms with Crippen molar-refractivity contribution in [2.75, 3.05) is 45.8 Å². The number of carbonyl (C=O) groups excluding carboxylic acids is 2. The van der Waals surface area contributed by atoms with Gasteiger partial charge < -0.3 is 14.7 Å². The van der Waals surface area contributed by atoms with Gasteiger partial charge in [0.15, 0.2) is 0 Å². The third-order valence-electron chi connectivity index (χ3n) is 9.39. The number of nitrogens with zero attached hydrogens (tertiary/aromatic N) is 5. The molecule has 0 saturated carbocycles. The monoisotopic (exact) mass is 549 g/mol. The van der Waals surface area contributed by atoms with E-state index in [0.717, 1.165) is 82.0 Å². The number of hydrogen-bond acceptors (Lipinski definition) is 5. The molecule has 3 fully saturated rings. The molecule has 4 heterocycles. The van der Waals surface area contributed by atoms with E-state index >= 15 is 0 Å². The molecule has 0 N–H and O–H groups in total. The molecule has 0 aliphatic carbocycles. The second-order valence-corrected chi connectivity index (χ2v) is 13.6. The van der Waals surface area contributed by atoms with Crippen molar-refractivity contribution < 1.29 is 14.0 Å². The van der Waals surface area contributed by atoms with Gasteiger partial charge in [-0.25, -0.2) is 14.4 Å². The fourth-order valence-corrected chi connectivity index (χ4v) is 7.12. The van der Waals surface area contributed by atoms with Crippen LogP contribution in [0.25, 0.3) is 0 Å². The maximum atomic E-state index is 14.3. The quantitative estimate of drug-likeness (QED) is 0.526. The number of fused-ring (bicyclic) bond motifs is 1. The minimum absolute atomic E-state index is 0.0330. The Bertz CT molecular complexity index is 1220. The summed E-state index contributed by atoms with van der Waals surface area (Å²) in [6, 6.07) is 7.09. The molecule has 3 aliphatic rings. The van der Waals surface area contributed by atoms with Crippen LogP contribution in [0.15, 0.2) is 30.6 Å². The van der Waals surface area contributed by atoms with E-state index in [4.69, 9.17) is 0 Å². The Labute approximate surface area is 238 Å². The molecule has 0 bridgehead atoms. The Morgan fingerprint density at radius 1 is 0.975 bits per heavy atom. The predicted octanol–water partition coefficient (Wildman–Crippen LogP) is 4.62. The summed E-state index contributed by atoms with van der Waals surface area (Å²) in [5.41, 5.74) is 3.01. The van der Waals surface area contributed by atoms with Crippen LogP contribution in [0.5, 0.6) is 0 Å². The second kappa shape index (κ2) is 11.2. The van der Waals surface area contributed by atoms with E-state index in [1.807, 2.05) is 29.7 Å². The lowest BCUT2D eigenvalue weighted by molar-refractivity contribution is -0.134. The van der Waals surface area contributed by atoms with E-state index in [1.54, 1.807) is 6.07 Å². The van der Waals surface area contributed by atoms with E-state index in [2.05, 4.69) is 41.7 Å². The summed E-state index contributed by atoms with van der Waals surface area (Å²) in [4.78, 5) is 41.2. The summed E-state index contributed by atoms with van der Waals surface area (Å²) < 4.78 is 14.3. The maximum absolute atomic E-state index is 14.3. The summed E-state index contributed by atoms with van der Waals surface area (Å²) >= 11 is 0. The Kier molecular flexibility index (Phi) is 8.01. The molecule has 2 amide bonds. The maximum Gasteiger partial charge on any atom is 0.257 e. The van der Waals surface area contributed by atoms with Gasteiger partial charge >= 0.3 is 0 Å². The number of amides is 2.